The van der Waals surface area contributed by atoms with Gasteiger partial charge in [0.2, 0.25) is 0 Å². The van der Waals surface area contributed by atoms with Crippen molar-refractivity contribution in [3.63, 3.8) is 0 Å². The van der Waals surface area contributed by atoms with Gasteiger partial charge < -0.3 is 22.1 Å². The standard InChI is InChI=1S/C15H15N7/c16-14(17)20-10-3-1-8-5-9-2-4-11(21-15(18)19)7-13(9)22-12(8)6-10/h1-7H,(H4,16,17,20)(H4,18,19,21). The van der Waals surface area contributed by atoms with Gasteiger partial charge in [-0.25, -0.2) is 4.98 Å². The van der Waals surface area contributed by atoms with Crippen molar-refractivity contribution in [1.82, 2.24) is 4.98 Å². The molecule has 0 aliphatic heterocycles. The van der Waals surface area contributed by atoms with Gasteiger partial charge in [-0.2, -0.15) is 0 Å². The molecule has 2 aromatic carbocycles. The van der Waals surface area contributed by atoms with Crippen molar-refractivity contribution in [2.75, 3.05) is 10.6 Å². The zero-order chi connectivity index (χ0) is 15.7. The predicted octanol–water partition coefficient (Wildman–Crippen LogP) is 2.00. The van der Waals surface area contributed by atoms with Gasteiger partial charge in [0.25, 0.3) is 0 Å². The van der Waals surface area contributed by atoms with Gasteiger partial charge in [-0.05, 0) is 30.3 Å². The fourth-order valence-corrected chi connectivity index (χ4v) is 2.29. The van der Waals surface area contributed by atoms with Crippen molar-refractivity contribution in [1.29, 1.82) is 10.8 Å². The Morgan fingerprint density at radius 3 is 1.64 bits per heavy atom. The van der Waals surface area contributed by atoms with Crippen LogP contribution in [0.5, 0.6) is 0 Å². The molecular weight excluding hydrogens is 278 g/mol. The second kappa shape index (κ2) is 5.21. The van der Waals surface area contributed by atoms with Crippen LogP contribution in [-0.4, -0.2) is 16.9 Å². The Kier molecular flexibility index (Phi) is 3.23. The van der Waals surface area contributed by atoms with E-state index in [4.69, 9.17) is 22.3 Å². The maximum Gasteiger partial charge on any atom is 0.190 e. The molecule has 0 aliphatic rings. The molecule has 0 amide bonds. The van der Waals surface area contributed by atoms with Crippen LogP contribution >= 0.6 is 0 Å². The lowest BCUT2D eigenvalue weighted by Gasteiger charge is -2.08. The molecule has 22 heavy (non-hydrogen) atoms. The molecule has 7 heteroatoms. The summed E-state index contributed by atoms with van der Waals surface area (Å²) in [5, 5.41) is 22.0. The van der Waals surface area contributed by atoms with Crippen LogP contribution in [0.4, 0.5) is 11.4 Å². The van der Waals surface area contributed by atoms with E-state index in [1.54, 1.807) is 0 Å². The Morgan fingerprint density at radius 2 is 1.23 bits per heavy atom. The summed E-state index contributed by atoms with van der Waals surface area (Å²) in [4.78, 5) is 4.61. The first-order chi connectivity index (χ1) is 10.5. The highest BCUT2D eigenvalue weighted by molar-refractivity contribution is 5.98. The largest absolute Gasteiger partial charge is 0.370 e. The molecule has 8 N–H and O–H groups in total. The van der Waals surface area contributed by atoms with Crippen molar-refractivity contribution in [3.05, 3.63) is 42.5 Å². The molecule has 0 aliphatic carbocycles. The summed E-state index contributed by atoms with van der Waals surface area (Å²) < 4.78 is 0. The predicted molar refractivity (Wildman–Crippen MR) is 90.3 cm³/mol. The van der Waals surface area contributed by atoms with Crippen LogP contribution in [0.3, 0.4) is 0 Å². The van der Waals surface area contributed by atoms with Gasteiger partial charge in [0.05, 0.1) is 11.0 Å². The van der Waals surface area contributed by atoms with Gasteiger partial charge in [-0.3, -0.25) is 10.8 Å². The lowest BCUT2D eigenvalue weighted by molar-refractivity contribution is 1.40. The molecule has 0 saturated heterocycles. The molecule has 0 bridgehead atoms. The fraction of sp³-hybridized carbons (Fsp3) is 0. The number of rotatable bonds is 2. The van der Waals surface area contributed by atoms with Gasteiger partial charge in [0.1, 0.15) is 0 Å². The number of fused-ring (bicyclic) bond motifs is 2. The maximum atomic E-state index is 7.27. The fourth-order valence-electron chi connectivity index (χ4n) is 2.29. The SMILES string of the molecule is N=C(N)Nc1ccc2cc3ccc(NC(=N)N)cc3nc2c1. The first-order valence-electron chi connectivity index (χ1n) is 6.58. The molecule has 0 saturated carbocycles. The second-order valence-electron chi connectivity index (χ2n) is 4.88. The lowest BCUT2D eigenvalue weighted by atomic mass is 10.1. The summed E-state index contributed by atoms with van der Waals surface area (Å²) in [6.45, 7) is 0. The van der Waals surface area contributed by atoms with E-state index in [0.29, 0.717) is 11.4 Å². The van der Waals surface area contributed by atoms with E-state index in [-0.39, 0.29) is 11.9 Å². The average Bonchev–Trinajstić information content (AvgIpc) is 2.43. The van der Waals surface area contributed by atoms with Crippen LogP contribution in [0, 0.1) is 10.8 Å². The van der Waals surface area contributed by atoms with Crippen LogP contribution in [-0.2, 0) is 0 Å². The summed E-state index contributed by atoms with van der Waals surface area (Å²) in [5.41, 5.74) is 13.7. The number of nitrogens with two attached hydrogens (primary N) is 2. The zero-order valence-corrected chi connectivity index (χ0v) is 11.6. The first kappa shape index (κ1) is 13.6. The van der Waals surface area contributed by atoms with Crippen LogP contribution in [0.2, 0.25) is 0 Å². The summed E-state index contributed by atoms with van der Waals surface area (Å²) in [6.07, 6.45) is 0. The van der Waals surface area contributed by atoms with Gasteiger partial charge in [0.15, 0.2) is 11.9 Å². The summed E-state index contributed by atoms with van der Waals surface area (Å²) in [6, 6.07) is 13.3. The minimum absolute atomic E-state index is 0.118. The molecule has 3 aromatic rings. The number of pyridine rings is 1. The Morgan fingerprint density at radius 1 is 0.773 bits per heavy atom. The van der Waals surface area contributed by atoms with E-state index in [0.717, 1.165) is 21.8 Å². The number of aromatic nitrogens is 1. The smallest absolute Gasteiger partial charge is 0.190 e. The number of anilines is 2. The van der Waals surface area contributed by atoms with E-state index >= 15 is 0 Å². The van der Waals surface area contributed by atoms with Crippen molar-refractivity contribution in [3.8, 4) is 0 Å². The molecule has 0 spiro atoms. The monoisotopic (exact) mass is 293 g/mol. The Labute approximate surface area is 126 Å². The van der Waals surface area contributed by atoms with Gasteiger partial charge in [-0.1, -0.05) is 12.1 Å². The maximum absolute atomic E-state index is 7.27. The third-order valence-corrected chi connectivity index (χ3v) is 3.17. The minimum Gasteiger partial charge on any atom is -0.370 e. The number of guanidine groups is 2. The van der Waals surface area contributed by atoms with Crippen molar-refractivity contribution in [2.24, 2.45) is 11.5 Å². The lowest BCUT2D eigenvalue weighted by Crippen LogP contribution is -2.20. The summed E-state index contributed by atoms with van der Waals surface area (Å²) in [5.74, 6) is -0.235. The second-order valence-corrected chi connectivity index (χ2v) is 4.88. The number of benzene rings is 2. The van der Waals surface area contributed by atoms with Gasteiger partial charge in [0, 0.05) is 22.1 Å². The third kappa shape index (κ3) is 2.73. The molecular formula is C15H15N7. The van der Waals surface area contributed by atoms with Crippen LogP contribution in [0.25, 0.3) is 21.8 Å². The third-order valence-electron chi connectivity index (χ3n) is 3.17. The summed E-state index contributed by atoms with van der Waals surface area (Å²) >= 11 is 0. The molecule has 0 unspecified atom stereocenters. The molecule has 0 radical (unpaired) electrons. The minimum atomic E-state index is -0.118. The average molecular weight is 293 g/mol. The van der Waals surface area contributed by atoms with Crippen LogP contribution in [0.1, 0.15) is 0 Å². The van der Waals surface area contributed by atoms with Crippen molar-refractivity contribution >= 4 is 45.1 Å². The summed E-state index contributed by atoms with van der Waals surface area (Å²) in [7, 11) is 0. The Bertz CT molecular complexity index is 830. The zero-order valence-electron chi connectivity index (χ0n) is 11.6. The number of hydrogen-bond donors (Lipinski definition) is 6. The van der Waals surface area contributed by atoms with E-state index < -0.39 is 0 Å². The molecule has 1 heterocycles. The van der Waals surface area contributed by atoms with E-state index in [1.807, 2.05) is 42.5 Å². The topological polar surface area (TPSA) is 137 Å². The molecule has 7 nitrogen and oxygen atoms in total. The van der Waals surface area contributed by atoms with Gasteiger partial charge >= 0.3 is 0 Å². The highest BCUT2D eigenvalue weighted by Gasteiger charge is 2.03. The normalized spacial score (nSPS) is 10.5. The van der Waals surface area contributed by atoms with E-state index in [9.17, 15) is 0 Å². The first-order valence-corrected chi connectivity index (χ1v) is 6.58. The highest BCUT2D eigenvalue weighted by Crippen LogP contribution is 2.24. The number of nitrogens with one attached hydrogen (secondary N) is 4. The highest BCUT2D eigenvalue weighted by atomic mass is 15.0. The molecule has 3 rings (SSSR count). The van der Waals surface area contributed by atoms with Gasteiger partial charge in [-0.15, -0.1) is 0 Å². The number of hydrogen-bond acceptors (Lipinski definition) is 3. The van der Waals surface area contributed by atoms with Crippen molar-refractivity contribution in [2.45, 2.75) is 0 Å². The Balaban J connectivity index is 2.10. The molecule has 0 fully saturated rings. The van der Waals surface area contributed by atoms with E-state index in [1.165, 1.54) is 0 Å². The van der Waals surface area contributed by atoms with Crippen LogP contribution < -0.4 is 22.1 Å². The molecule has 110 valence electrons. The van der Waals surface area contributed by atoms with Crippen LogP contribution in [0.15, 0.2) is 42.5 Å². The number of nitrogens with zero attached hydrogens (tertiary/aromatic N) is 1. The molecule has 0 atom stereocenters. The van der Waals surface area contributed by atoms with E-state index in [2.05, 4.69) is 15.6 Å². The quantitative estimate of drug-likeness (QED) is 0.244. The molecule has 1 aromatic heterocycles. The van der Waals surface area contributed by atoms with Crippen molar-refractivity contribution < 1.29 is 0 Å². The Hall–Kier alpha value is -3.35.